The minimum atomic E-state index is -0.314. The van der Waals surface area contributed by atoms with E-state index in [0.717, 1.165) is 29.8 Å². The van der Waals surface area contributed by atoms with E-state index in [9.17, 15) is 14.0 Å². The lowest BCUT2D eigenvalue weighted by atomic mass is 9.97. The standard InChI is InChI=1S/C24H23FN4O2S2/c25-18-7-5-16(6-8-18)14-29-23(31)21-20(9-12-33-21)27-24(29)28-10-1-3-17(15-28)22(30)26-13-19-4-2-11-32-19/h2,4-9,11-12,17H,1,3,10,13-15H2,(H,26,30). The summed E-state index contributed by atoms with van der Waals surface area (Å²) in [7, 11) is 0. The second-order valence-electron chi connectivity index (χ2n) is 8.15. The van der Waals surface area contributed by atoms with Crippen LogP contribution in [0.25, 0.3) is 10.2 Å². The molecule has 0 radical (unpaired) electrons. The molecule has 0 bridgehead atoms. The third-order valence-corrected chi connectivity index (χ3v) is 7.66. The molecule has 1 fully saturated rings. The first-order chi connectivity index (χ1) is 16.1. The SMILES string of the molecule is O=C(NCc1cccs1)C1CCCN(c2nc3ccsc3c(=O)n2Cc2ccc(F)cc2)C1. The molecule has 33 heavy (non-hydrogen) atoms. The van der Waals surface area contributed by atoms with Gasteiger partial charge >= 0.3 is 0 Å². The molecule has 9 heteroatoms. The molecule has 4 heterocycles. The third-order valence-electron chi connectivity index (χ3n) is 5.89. The Morgan fingerprint density at radius 2 is 2.00 bits per heavy atom. The largest absolute Gasteiger partial charge is 0.351 e. The van der Waals surface area contributed by atoms with E-state index in [4.69, 9.17) is 4.98 Å². The maximum absolute atomic E-state index is 13.4. The van der Waals surface area contributed by atoms with Crippen molar-refractivity contribution in [2.24, 2.45) is 5.92 Å². The van der Waals surface area contributed by atoms with Crippen molar-refractivity contribution in [2.75, 3.05) is 18.0 Å². The maximum Gasteiger partial charge on any atom is 0.273 e. The van der Waals surface area contributed by atoms with Gasteiger partial charge in [-0.3, -0.25) is 14.2 Å². The monoisotopic (exact) mass is 482 g/mol. The fourth-order valence-electron chi connectivity index (χ4n) is 4.19. The highest BCUT2D eigenvalue weighted by Crippen LogP contribution is 2.25. The van der Waals surface area contributed by atoms with Crippen LogP contribution >= 0.6 is 22.7 Å². The number of piperidine rings is 1. The van der Waals surface area contributed by atoms with E-state index in [0.29, 0.717) is 35.8 Å². The Labute approximate surface area is 198 Å². The van der Waals surface area contributed by atoms with Gasteiger partial charge in [-0.2, -0.15) is 0 Å². The minimum Gasteiger partial charge on any atom is -0.351 e. The Morgan fingerprint density at radius 1 is 1.15 bits per heavy atom. The fourth-order valence-corrected chi connectivity index (χ4v) is 5.62. The molecule has 1 atom stereocenters. The highest BCUT2D eigenvalue weighted by molar-refractivity contribution is 7.17. The lowest BCUT2D eigenvalue weighted by Gasteiger charge is -2.34. The highest BCUT2D eigenvalue weighted by Gasteiger charge is 2.28. The van der Waals surface area contributed by atoms with Crippen molar-refractivity contribution in [1.82, 2.24) is 14.9 Å². The number of thiophene rings is 2. The zero-order valence-corrected chi connectivity index (χ0v) is 19.5. The van der Waals surface area contributed by atoms with Crippen LogP contribution in [-0.4, -0.2) is 28.5 Å². The average molecular weight is 483 g/mol. The summed E-state index contributed by atoms with van der Waals surface area (Å²) in [6.45, 7) is 2.05. The molecule has 0 aliphatic carbocycles. The van der Waals surface area contributed by atoms with E-state index in [2.05, 4.69) is 5.32 Å². The predicted molar refractivity (Wildman–Crippen MR) is 130 cm³/mol. The summed E-state index contributed by atoms with van der Waals surface area (Å²) in [6, 6.07) is 12.0. The first kappa shape index (κ1) is 21.8. The molecular formula is C24H23FN4O2S2. The summed E-state index contributed by atoms with van der Waals surface area (Å²) >= 11 is 2.99. The second kappa shape index (κ2) is 9.44. The smallest absolute Gasteiger partial charge is 0.273 e. The van der Waals surface area contributed by atoms with Crippen molar-refractivity contribution in [3.05, 3.63) is 79.8 Å². The van der Waals surface area contributed by atoms with Gasteiger partial charge in [0, 0.05) is 18.0 Å². The first-order valence-electron chi connectivity index (χ1n) is 10.9. The van der Waals surface area contributed by atoms with Gasteiger partial charge in [0.15, 0.2) is 0 Å². The molecule has 1 aliphatic heterocycles. The van der Waals surface area contributed by atoms with Crippen molar-refractivity contribution < 1.29 is 9.18 Å². The number of rotatable bonds is 6. The number of hydrogen-bond donors (Lipinski definition) is 1. The number of halogens is 1. The lowest BCUT2D eigenvalue weighted by Crippen LogP contribution is -2.45. The number of carbonyl (C=O) groups excluding carboxylic acids is 1. The van der Waals surface area contributed by atoms with Crippen LogP contribution in [0.2, 0.25) is 0 Å². The number of nitrogens with one attached hydrogen (secondary N) is 1. The normalized spacial score (nSPS) is 16.3. The lowest BCUT2D eigenvalue weighted by molar-refractivity contribution is -0.125. The van der Waals surface area contributed by atoms with Crippen LogP contribution in [-0.2, 0) is 17.9 Å². The number of amides is 1. The molecule has 6 nitrogen and oxygen atoms in total. The molecule has 5 rings (SSSR count). The number of aromatic nitrogens is 2. The quantitative estimate of drug-likeness (QED) is 0.446. The molecule has 1 aromatic carbocycles. The van der Waals surface area contributed by atoms with E-state index in [1.165, 1.54) is 23.5 Å². The van der Waals surface area contributed by atoms with Crippen LogP contribution < -0.4 is 15.8 Å². The van der Waals surface area contributed by atoms with Crippen LogP contribution in [0.3, 0.4) is 0 Å². The van der Waals surface area contributed by atoms with Crippen LogP contribution in [0.4, 0.5) is 10.3 Å². The Morgan fingerprint density at radius 3 is 2.79 bits per heavy atom. The molecule has 1 aliphatic rings. The van der Waals surface area contributed by atoms with Gasteiger partial charge in [-0.25, -0.2) is 9.37 Å². The number of benzene rings is 1. The van der Waals surface area contributed by atoms with Gasteiger partial charge < -0.3 is 10.2 Å². The molecule has 1 N–H and O–H groups in total. The number of carbonyl (C=O) groups is 1. The van der Waals surface area contributed by atoms with Gasteiger partial charge in [0.1, 0.15) is 10.5 Å². The topological polar surface area (TPSA) is 67.2 Å². The maximum atomic E-state index is 13.4. The molecular weight excluding hydrogens is 459 g/mol. The fraction of sp³-hybridized carbons (Fsp3) is 0.292. The molecule has 4 aromatic rings. The van der Waals surface area contributed by atoms with Gasteiger partial charge in [0.2, 0.25) is 11.9 Å². The van der Waals surface area contributed by atoms with E-state index >= 15 is 0 Å². The highest BCUT2D eigenvalue weighted by atomic mass is 32.1. The summed E-state index contributed by atoms with van der Waals surface area (Å²) in [4.78, 5) is 34.2. The van der Waals surface area contributed by atoms with Crippen molar-refractivity contribution in [3.8, 4) is 0 Å². The Hall–Kier alpha value is -3.04. The van der Waals surface area contributed by atoms with Gasteiger partial charge in [0.25, 0.3) is 5.56 Å². The van der Waals surface area contributed by atoms with Crippen LogP contribution in [0, 0.1) is 11.7 Å². The molecule has 170 valence electrons. The average Bonchev–Trinajstić information content (AvgIpc) is 3.53. The molecule has 1 unspecified atom stereocenters. The molecule has 3 aromatic heterocycles. The summed E-state index contributed by atoms with van der Waals surface area (Å²) in [5.74, 6) is 0.0989. The van der Waals surface area contributed by atoms with Crippen molar-refractivity contribution in [2.45, 2.75) is 25.9 Å². The summed E-state index contributed by atoms with van der Waals surface area (Å²) in [5.41, 5.74) is 1.37. The summed E-state index contributed by atoms with van der Waals surface area (Å²) < 4.78 is 15.6. The number of nitrogens with zero attached hydrogens (tertiary/aromatic N) is 3. The van der Waals surface area contributed by atoms with Gasteiger partial charge in [-0.1, -0.05) is 18.2 Å². The first-order valence-corrected chi connectivity index (χ1v) is 12.6. The zero-order valence-electron chi connectivity index (χ0n) is 17.9. The van der Waals surface area contributed by atoms with Gasteiger partial charge in [-0.05, 0) is 53.4 Å². The van der Waals surface area contributed by atoms with Crippen LogP contribution in [0.1, 0.15) is 23.3 Å². The summed E-state index contributed by atoms with van der Waals surface area (Å²) in [5, 5.41) is 6.91. The molecule has 0 spiro atoms. The molecule has 0 saturated carbocycles. The second-order valence-corrected chi connectivity index (χ2v) is 10.1. The van der Waals surface area contributed by atoms with Crippen molar-refractivity contribution >= 4 is 44.7 Å². The van der Waals surface area contributed by atoms with Gasteiger partial charge in [0.05, 0.1) is 24.5 Å². The van der Waals surface area contributed by atoms with E-state index in [1.54, 1.807) is 28.0 Å². The molecule has 1 amide bonds. The van der Waals surface area contributed by atoms with Crippen molar-refractivity contribution in [3.63, 3.8) is 0 Å². The van der Waals surface area contributed by atoms with Gasteiger partial charge in [-0.15, -0.1) is 22.7 Å². The van der Waals surface area contributed by atoms with Crippen molar-refractivity contribution in [1.29, 1.82) is 0 Å². The number of hydrogen-bond acceptors (Lipinski definition) is 6. The number of anilines is 1. The predicted octanol–water partition coefficient (Wildman–Crippen LogP) is 4.24. The molecule has 1 saturated heterocycles. The third kappa shape index (κ3) is 4.69. The Bertz CT molecular complexity index is 1310. The van der Waals surface area contributed by atoms with Crippen LogP contribution in [0.15, 0.2) is 58.0 Å². The summed E-state index contributed by atoms with van der Waals surface area (Å²) in [6.07, 6.45) is 1.64. The minimum absolute atomic E-state index is 0.0251. The number of fused-ring (bicyclic) bond motifs is 1. The van der Waals surface area contributed by atoms with E-state index in [-0.39, 0.29) is 23.2 Å². The Kier molecular flexibility index (Phi) is 6.24. The van der Waals surface area contributed by atoms with Crippen LogP contribution in [0.5, 0.6) is 0 Å². The Balaban J connectivity index is 1.42. The van der Waals surface area contributed by atoms with E-state index in [1.807, 2.05) is 33.9 Å². The zero-order chi connectivity index (χ0) is 22.8. The van der Waals surface area contributed by atoms with E-state index < -0.39 is 0 Å².